The first-order chi connectivity index (χ1) is 9.85. The second-order valence-corrected chi connectivity index (χ2v) is 5.75. The van der Waals surface area contributed by atoms with Gasteiger partial charge >= 0.3 is 0 Å². The number of aliphatic hydroxyl groups excluding tert-OH is 1. The zero-order chi connectivity index (χ0) is 15.6. The van der Waals surface area contributed by atoms with Gasteiger partial charge in [-0.15, -0.1) is 0 Å². The minimum Gasteiger partial charge on any atom is -0.468 e. The molecule has 1 unspecified atom stereocenters. The van der Waals surface area contributed by atoms with Gasteiger partial charge in [-0.25, -0.2) is 21.6 Å². The Morgan fingerprint density at radius 3 is 2.43 bits per heavy atom. The van der Waals surface area contributed by atoms with Crippen LogP contribution < -0.4 is 4.72 Å². The van der Waals surface area contributed by atoms with Gasteiger partial charge in [-0.1, -0.05) is 0 Å². The van der Waals surface area contributed by atoms with Gasteiger partial charge in [0.2, 0.25) is 10.0 Å². The molecule has 1 aromatic carbocycles. The van der Waals surface area contributed by atoms with Crippen LogP contribution in [0.25, 0.3) is 0 Å². The van der Waals surface area contributed by atoms with Crippen LogP contribution in [0, 0.1) is 17.5 Å². The van der Waals surface area contributed by atoms with Crippen LogP contribution in [0.1, 0.15) is 11.8 Å². The van der Waals surface area contributed by atoms with Crippen molar-refractivity contribution in [3.63, 3.8) is 0 Å². The van der Waals surface area contributed by atoms with Crippen LogP contribution in [0.15, 0.2) is 39.8 Å². The molecule has 9 heteroatoms. The van der Waals surface area contributed by atoms with Crippen LogP contribution in [0.3, 0.4) is 0 Å². The van der Waals surface area contributed by atoms with Crippen LogP contribution in [0.4, 0.5) is 13.2 Å². The largest absolute Gasteiger partial charge is 0.468 e. The number of hydrogen-bond acceptors (Lipinski definition) is 4. The molecule has 0 saturated heterocycles. The van der Waals surface area contributed by atoms with Gasteiger partial charge < -0.3 is 9.52 Å². The zero-order valence-corrected chi connectivity index (χ0v) is 11.2. The van der Waals surface area contributed by atoms with Gasteiger partial charge in [0.1, 0.15) is 22.5 Å². The highest BCUT2D eigenvalue weighted by atomic mass is 32.2. The van der Waals surface area contributed by atoms with Crippen molar-refractivity contribution in [1.29, 1.82) is 0 Å². The smallest absolute Gasteiger partial charge is 0.244 e. The Bertz CT molecular complexity index is 731. The Morgan fingerprint density at radius 1 is 1.19 bits per heavy atom. The second kappa shape index (κ2) is 5.88. The molecule has 2 aromatic rings. The third-order valence-electron chi connectivity index (χ3n) is 2.63. The molecule has 5 nitrogen and oxygen atoms in total. The molecule has 1 heterocycles. The number of benzene rings is 1. The van der Waals surface area contributed by atoms with Crippen LogP contribution in [0.5, 0.6) is 0 Å². The molecule has 0 bridgehead atoms. The summed E-state index contributed by atoms with van der Waals surface area (Å²) in [4.78, 5) is -1.06. The summed E-state index contributed by atoms with van der Waals surface area (Å²) in [5, 5.41) is 9.16. The third kappa shape index (κ3) is 3.26. The number of furan rings is 1. The third-order valence-corrected chi connectivity index (χ3v) is 4.12. The van der Waals surface area contributed by atoms with Gasteiger partial charge in [-0.2, -0.15) is 4.72 Å². The minimum atomic E-state index is -4.52. The molecule has 0 saturated carbocycles. The average Bonchev–Trinajstić information content (AvgIpc) is 2.94. The monoisotopic (exact) mass is 321 g/mol. The highest BCUT2D eigenvalue weighted by Crippen LogP contribution is 2.21. The van der Waals surface area contributed by atoms with Gasteiger partial charge in [-0.3, -0.25) is 0 Å². The summed E-state index contributed by atoms with van der Waals surface area (Å²) in [6, 6.07) is 2.03. The van der Waals surface area contributed by atoms with Gasteiger partial charge in [0, 0.05) is 6.07 Å². The summed E-state index contributed by atoms with van der Waals surface area (Å²) >= 11 is 0. The Balaban J connectivity index is 2.36. The Morgan fingerprint density at radius 2 is 1.86 bits per heavy atom. The van der Waals surface area contributed by atoms with Crippen molar-refractivity contribution < 1.29 is 31.1 Å². The summed E-state index contributed by atoms with van der Waals surface area (Å²) in [6.45, 7) is -0.669. The van der Waals surface area contributed by atoms with E-state index in [1.54, 1.807) is 0 Å². The number of rotatable bonds is 5. The first-order valence-electron chi connectivity index (χ1n) is 5.66. The second-order valence-electron chi connectivity index (χ2n) is 4.07. The van der Waals surface area contributed by atoms with E-state index in [1.807, 2.05) is 4.72 Å². The highest BCUT2D eigenvalue weighted by Gasteiger charge is 2.26. The number of nitrogens with one attached hydrogen (secondary N) is 1. The van der Waals surface area contributed by atoms with Gasteiger partial charge in [0.05, 0.1) is 12.9 Å². The molecule has 1 atom stereocenters. The predicted octanol–water partition coefficient (Wildman–Crippen LogP) is 1.71. The van der Waals surface area contributed by atoms with Crippen molar-refractivity contribution in [2.45, 2.75) is 10.9 Å². The predicted molar refractivity (Wildman–Crippen MR) is 65.2 cm³/mol. The molecule has 21 heavy (non-hydrogen) atoms. The fourth-order valence-electron chi connectivity index (χ4n) is 1.64. The Kier molecular flexibility index (Phi) is 4.35. The molecular weight excluding hydrogens is 311 g/mol. The van der Waals surface area contributed by atoms with E-state index in [1.165, 1.54) is 18.4 Å². The van der Waals surface area contributed by atoms with Crippen molar-refractivity contribution in [2.75, 3.05) is 6.61 Å². The van der Waals surface area contributed by atoms with E-state index < -0.39 is 45.0 Å². The molecule has 114 valence electrons. The molecule has 2 rings (SSSR count). The maximum absolute atomic E-state index is 13.5. The van der Waals surface area contributed by atoms with E-state index >= 15 is 0 Å². The lowest BCUT2D eigenvalue weighted by molar-refractivity contribution is 0.241. The lowest BCUT2D eigenvalue weighted by atomic mass is 10.2. The van der Waals surface area contributed by atoms with Crippen molar-refractivity contribution in [2.24, 2.45) is 0 Å². The average molecular weight is 321 g/mol. The summed E-state index contributed by atoms with van der Waals surface area (Å²) in [7, 11) is -4.52. The zero-order valence-electron chi connectivity index (χ0n) is 10.4. The lowest BCUT2D eigenvalue weighted by Crippen LogP contribution is -2.31. The molecule has 0 aliphatic heterocycles. The van der Waals surface area contributed by atoms with E-state index in [9.17, 15) is 21.6 Å². The molecular formula is C12H10F3NO4S. The van der Waals surface area contributed by atoms with Crippen molar-refractivity contribution in [1.82, 2.24) is 4.72 Å². The van der Waals surface area contributed by atoms with Crippen LogP contribution in [0.2, 0.25) is 0 Å². The van der Waals surface area contributed by atoms with Crippen LogP contribution >= 0.6 is 0 Å². The maximum atomic E-state index is 13.5. The molecule has 0 aliphatic rings. The summed E-state index contributed by atoms with van der Waals surface area (Å²) in [5.41, 5.74) is 0. The van der Waals surface area contributed by atoms with E-state index in [0.717, 1.165) is 0 Å². The standard InChI is InChI=1S/C12H10F3NO4S/c13-7-4-9(15)12(5-8(7)14)21(18,19)16-10(6-17)11-2-1-3-20-11/h1-5,10,16-17H,6H2. The van der Waals surface area contributed by atoms with E-state index in [0.29, 0.717) is 0 Å². The van der Waals surface area contributed by atoms with Gasteiger partial charge in [0.15, 0.2) is 11.6 Å². The lowest BCUT2D eigenvalue weighted by Gasteiger charge is -2.14. The molecule has 0 radical (unpaired) electrons. The van der Waals surface area contributed by atoms with E-state index in [-0.39, 0.29) is 17.9 Å². The van der Waals surface area contributed by atoms with Crippen LogP contribution in [-0.2, 0) is 10.0 Å². The molecule has 1 aromatic heterocycles. The Labute approximate surface area is 118 Å². The van der Waals surface area contributed by atoms with Crippen molar-refractivity contribution in [3.05, 3.63) is 53.7 Å². The molecule has 0 aliphatic carbocycles. The quantitative estimate of drug-likeness (QED) is 0.822. The van der Waals surface area contributed by atoms with E-state index in [2.05, 4.69) is 0 Å². The molecule has 0 amide bonds. The number of sulfonamides is 1. The molecule has 0 spiro atoms. The number of aliphatic hydroxyl groups is 1. The first-order valence-corrected chi connectivity index (χ1v) is 7.14. The number of halogens is 3. The maximum Gasteiger partial charge on any atom is 0.244 e. The van der Waals surface area contributed by atoms with E-state index in [4.69, 9.17) is 9.52 Å². The fourth-order valence-corrected chi connectivity index (χ4v) is 2.90. The van der Waals surface area contributed by atoms with Crippen molar-refractivity contribution >= 4 is 10.0 Å². The van der Waals surface area contributed by atoms with Crippen LogP contribution in [-0.4, -0.2) is 20.1 Å². The van der Waals surface area contributed by atoms with Gasteiger partial charge in [-0.05, 0) is 18.2 Å². The normalized spacial score (nSPS) is 13.3. The topological polar surface area (TPSA) is 79.5 Å². The molecule has 2 N–H and O–H groups in total. The first kappa shape index (κ1) is 15.5. The summed E-state index contributed by atoms with van der Waals surface area (Å²) < 4.78 is 70.3. The summed E-state index contributed by atoms with van der Waals surface area (Å²) in [6.07, 6.45) is 1.25. The fraction of sp³-hybridized carbons (Fsp3) is 0.167. The number of hydrogen-bond donors (Lipinski definition) is 2. The summed E-state index contributed by atoms with van der Waals surface area (Å²) in [5.74, 6) is -4.37. The highest BCUT2D eigenvalue weighted by molar-refractivity contribution is 7.89. The van der Waals surface area contributed by atoms with Crippen molar-refractivity contribution in [3.8, 4) is 0 Å². The molecule has 0 fully saturated rings. The SMILES string of the molecule is O=S(=O)(NC(CO)c1ccco1)c1cc(F)c(F)cc1F. The minimum absolute atomic E-state index is 0.0871. The van der Waals surface area contributed by atoms with Gasteiger partial charge in [0.25, 0.3) is 0 Å². The Hall–Kier alpha value is -1.84.